The fraction of sp³-hybridized carbons (Fsp3) is 0.890. The Morgan fingerprint density at radius 2 is 0.906 bits per heavy atom. The van der Waals surface area contributed by atoms with Crippen LogP contribution in [0, 0.1) is 79.3 Å². The van der Waals surface area contributed by atoms with Crippen LogP contribution in [0.3, 0.4) is 0 Å². The van der Waals surface area contributed by atoms with E-state index in [0.29, 0.717) is 39.6 Å². The molecule has 1 saturated heterocycles. The number of halogens is 7. The molecule has 4 fully saturated rings. The van der Waals surface area contributed by atoms with E-state index in [2.05, 4.69) is 158 Å². The van der Waals surface area contributed by atoms with E-state index in [4.69, 9.17) is 4.74 Å². The van der Waals surface area contributed by atoms with Crippen LogP contribution >= 0.6 is 0 Å². The first-order valence-electron chi connectivity index (χ1n) is 32.5. The Kier molecular flexibility index (Phi) is 37.3. The smallest absolute Gasteiger partial charge is 0.378 e. The summed E-state index contributed by atoms with van der Waals surface area (Å²) >= 11 is 0. The first-order valence-corrected chi connectivity index (χ1v) is 32.5. The van der Waals surface area contributed by atoms with Crippen molar-refractivity contribution in [3.63, 3.8) is 0 Å². The number of aryl methyl sites for hydroxylation is 1. The second-order valence-electron chi connectivity index (χ2n) is 36.1. The van der Waals surface area contributed by atoms with Crippen LogP contribution in [0.15, 0.2) is 30.9 Å². The van der Waals surface area contributed by atoms with Gasteiger partial charge in [0, 0.05) is 63.0 Å². The molecule has 85 heavy (non-hydrogen) atoms. The number of ether oxygens (including phenoxy) is 1. The lowest BCUT2D eigenvalue weighted by Gasteiger charge is -2.33. The lowest BCUT2D eigenvalue weighted by molar-refractivity contribution is -0.152. The molecule has 0 aromatic carbocycles. The number of nitrogens with zero attached hydrogens (tertiary/aromatic N) is 4. The molecule has 6 rings (SSSR count). The topological polar surface area (TPSA) is 60.8 Å². The van der Waals surface area contributed by atoms with Gasteiger partial charge in [-0.15, -0.1) is 0 Å². The molecule has 12 heteroatoms. The third-order valence-electron chi connectivity index (χ3n) is 14.5. The van der Waals surface area contributed by atoms with Crippen molar-refractivity contribution in [2.24, 2.45) is 72.4 Å². The number of rotatable bonds is 5. The molecule has 504 valence electrons. The van der Waals surface area contributed by atoms with Crippen LogP contribution in [0.4, 0.5) is 30.7 Å². The van der Waals surface area contributed by atoms with Crippen molar-refractivity contribution >= 4 is 0 Å². The fourth-order valence-electron chi connectivity index (χ4n) is 9.12. The van der Waals surface area contributed by atoms with Crippen LogP contribution in [0.2, 0.25) is 0 Å². The Balaban J connectivity index is -0.000000894. The van der Waals surface area contributed by atoms with Crippen molar-refractivity contribution in [2.75, 3.05) is 6.61 Å². The molecule has 3 saturated carbocycles. The van der Waals surface area contributed by atoms with E-state index in [1.807, 2.05) is 66.9 Å². The molecule has 5 nitrogen and oxygen atoms in total. The second kappa shape index (κ2) is 36.5. The summed E-state index contributed by atoms with van der Waals surface area (Å²) in [6.45, 7) is 65.4. The van der Waals surface area contributed by atoms with E-state index in [9.17, 15) is 30.7 Å². The quantitative estimate of drug-likeness (QED) is 0.279. The molecule has 0 bridgehead atoms. The van der Waals surface area contributed by atoms with Crippen LogP contribution < -0.4 is 0 Å². The predicted octanol–water partition coefficient (Wildman–Crippen LogP) is 24.9. The number of hydrogen-bond donors (Lipinski definition) is 0. The lowest BCUT2D eigenvalue weighted by Crippen LogP contribution is -2.22. The molecule has 2 unspecified atom stereocenters. The highest BCUT2D eigenvalue weighted by atomic mass is 19.4. The molecule has 0 amide bonds. The van der Waals surface area contributed by atoms with Gasteiger partial charge in [-0.2, -0.15) is 13.2 Å². The van der Waals surface area contributed by atoms with Gasteiger partial charge in [-0.3, -0.25) is 9.97 Å². The van der Waals surface area contributed by atoms with Crippen LogP contribution in [-0.2, 0) is 17.6 Å². The molecular formula is C73H137F7N4O. The third-order valence-corrected chi connectivity index (χ3v) is 14.5. The Morgan fingerprint density at radius 1 is 0.494 bits per heavy atom. The van der Waals surface area contributed by atoms with Gasteiger partial charge in [0.25, 0.3) is 5.92 Å². The van der Waals surface area contributed by atoms with E-state index in [0.717, 1.165) is 61.3 Å². The van der Waals surface area contributed by atoms with Gasteiger partial charge in [0.15, 0.2) is 0 Å². The van der Waals surface area contributed by atoms with Gasteiger partial charge in [-0.1, -0.05) is 220 Å². The summed E-state index contributed by atoms with van der Waals surface area (Å²) in [5.41, 5.74) is 3.91. The fourth-order valence-corrected chi connectivity index (χ4v) is 9.12. The largest absolute Gasteiger partial charge is 0.389 e. The lowest BCUT2D eigenvalue weighted by atomic mass is 9.72. The predicted molar refractivity (Wildman–Crippen MR) is 353 cm³/mol. The van der Waals surface area contributed by atoms with Gasteiger partial charge in [-0.05, 0) is 144 Å². The van der Waals surface area contributed by atoms with E-state index in [1.54, 1.807) is 33.2 Å². The molecule has 3 heterocycles. The number of alkyl halides is 7. The number of hydrogen-bond acceptors (Lipinski definition) is 5. The summed E-state index contributed by atoms with van der Waals surface area (Å²) in [7, 11) is 0. The van der Waals surface area contributed by atoms with E-state index in [-0.39, 0.29) is 35.0 Å². The minimum Gasteiger partial charge on any atom is -0.378 e. The zero-order chi connectivity index (χ0) is 67.7. The van der Waals surface area contributed by atoms with Crippen LogP contribution in [-0.4, -0.2) is 50.7 Å². The maximum absolute atomic E-state index is 12.3. The molecule has 0 radical (unpaired) electrons. The van der Waals surface area contributed by atoms with E-state index < -0.39 is 29.9 Å². The van der Waals surface area contributed by atoms with Gasteiger partial charge >= 0.3 is 6.18 Å². The summed E-state index contributed by atoms with van der Waals surface area (Å²) in [4.78, 5) is 16.8. The summed E-state index contributed by atoms with van der Waals surface area (Å²) < 4.78 is 89.3. The minimum absolute atomic E-state index is 0.0417. The first-order chi connectivity index (χ1) is 37.5. The average Bonchev–Trinajstić information content (AvgIpc) is 4.14. The van der Waals surface area contributed by atoms with Crippen molar-refractivity contribution in [2.45, 2.75) is 341 Å². The van der Waals surface area contributed by atoms with Crippen LogP contribution in [0.1, 0.15) is 315 Å². The maximum atomic E-state index is 12.3. The summed E-state index contributed by atoms with van der Waals surface area (Å²) in [6.07, 6.45) is 19.8. The molecule has 0 N–H and O–H groups in total. The molecule has 2 atom stereocenters. The van der Waals surface area contributed by atoms with Gasteiger partial charge in [0.05, 0.1) is 17.5 Å². The third kappa shape index (κ3) is 60.3. The highest BCUT2D eigenvalue weighted by molar-refractivity contribution is 5.02. The minimum atomic E-state index is -4.02. The van der Waals surface area contributed by atoms with Gasteiger partial charge in [0.1, 0.15) is 5.82 Å². The van der Waals surface area contributed by atoms with Crippen molar-refractivity contribution < 1.29 is 35.5 Å². The zero-order valence-electron chi connectivity index (χ0n) is 61.1. The summed E-state index contributed by atoms with van der Waals surface area (Å²) in [5.74, 6) is -1.39. The standard InChI is InChI=1S/C10H16N2.C10H20.C9H14N2.C9H18O.C8H14F2.C7H14F2.C7H14.C7H16.C6H11F3/c1-8-6-12-9(7-11-8)5-10(2,3)4;1-10(2,3)9-7-5-4-6-8-9;1-9(2,3)7-8-10-5-4-6-11-8;1-9(2,3)7-8-5-4-6-10-8;1-7(2,3)4-6-5-8(6,9)10;1-6(2,3)5-7(4,8)9;1-7(2,3)6-4-5-6;1-6(2)7(3,4)5;1-5(2,3)4-6(7,8)9/h6-7H,5H2,1-4H3;9H,4-8H2,1-3H3;4-6H,7H2,1-3H3;8H,4-7H2,1-3H3;6H,4-5H2,1-3H3;5H2,1-4H3;6H,4-5H2,1-3H3;6H,1-5H3;4H2,1-3H3. The van der Waals surface area contributed by atoms with Crippen molar-refractivity contribution in [1.82, 2.24) is 19.9 Å². The second-order valence-corrected chi connectivity index (χ2v) is 36.1. The molecule has 1 aliphatic heterocycles. The summed E-state index contributed by atoms with van der Waals surface area (Å²) in [6, 6.07) is 1.84. The molecular weight excluding hydrogens is 1080 g/mol. The Morgan fingerprint density at radius 3 is 1.12 bits per heavy atom. The maximum Gasteiger partial charge on any atom is 0.389 e. The van der Waals surface area contributed by atoms with E-state index >= 15 is 0 Å². The molecule has 4 aliphatic rings. The monoisotopic (exact) mass is 1220 g/mol. The highest BCUT2D eigenvalue weighted by Gasteiger charge is 2.57. The SMILES string of the molecule is CC(C)(C)C1CC1.CC(C)(C)C1CCCCC1.CC(C)(C)CC(C)(F)F.CC(C)(C)CC(F)(F)F.CC(C)(C)CC1CC1(F)F.CC(C)(C)CC1CCCO1.CC(C)(C)Cc1ncccn1.CC(C)C(C)(C)C.Cc1cnc(CC(C)(C)C)cn1. The van der Waals surface area contributed by atoms with Crippen molar-refractivity contribution in [3.8, 4) is 0 Å². The summed E-state index contributed by atoms with van der Waals surface area (Å²) in [5, 5.41) is 0. The molecule has 3 aliphatic carbocycles. The normalized spacial score (nSPS) is 18.5. The van der Waals surface area contributed by atoms with Gasteiger partial charge in [-0.25, -0.2) is 27.5 Å². The first kappa shape index (κ1) is 86.8. The molecule has 2 aromatic rings. The van der Waals surface area contributed by atoms with Gasteiger partial charge in [0.2, 0.25) is 5.92 Å². The Labute approximate surface area is 521 Å². The molecule has 0 spiro atoms. The van der Waals surface area contributed by atoms with Crippen LogP contribution in [0.25, 0.3) is 0 Å². The number of aromatic nitrogens is 4. The highest BCUT2D eigenvalue weighted by Crippen LogP contribution is 2.53. The van der Waals surface area contributed by atoms with Crippen LogP contribution in [0.5, 0.6) is 0 Å². The zero-order valence-corrected chi connectivity index (χ0v) is 61.1. The van der Waals surface area contributed by atoms with E-state index in [1.165, 1.54) is 64.2 Å². The van der Waals surface area contributed by atoms with Crippen molar-refractivity contribution in [3.05, 3.63) is 48.1 Å². The average molecular weight is 1220 g/mol. The van der Waals surface area contributed by atoms with Gasteiger partial charge < -0.3 is 4.74 Å². The van der Waals surface area contributed by atoms with Crippen molar-refractivity contribution in [1.29, 1.82) is 0 Å². The molecule has 2 aromatic heterocycles. The Hall–Kier alpha value is -2.37. The Bertz CT molecular complexity index is 1890.